The number of halogens is 4. The summed E-state index contributed by atoms with van der Waals surface area (Å²) in [5, 5.41) is 0. The topological polar surface area (TPSA) is 0 Å². The fraction of sp³-hybridized carbons (Fsp3) is 0. The van der Waals surface area contributed by atoms with E-state index in [4.69, 9.17) is 0 Å². The third kappa shape index (κ3) is 1.55. The van der Waals surface area contributed by atoms with Crippen molar-refractivity contribution in [3.05, 3.63) is 32.7 Å². The minimum Gasteiger partial charge on any atom is -0.206 e. The van der Waals surface area contributed by atoms with Crippen LogP contribution in [0.5, 0.6) is 0 Å². The van der Waals surface area contributed by atoms with Crippen LogP contribution in [-0.4, -0.2) is 0 Å². The first kappa shape index (κ1) is 8.14. The van der Waals surface area contributed by atoms with E-state index in [1.54, 1.807) is 0 Å². The Hall–Kier alpha value is 0.0400. The van der Waals surface area contributed by atoms with Gasteiger partial charge in [0.05, 0.1) is 4.47 Å². The van der Waals surface area contributed by atoms with Crippen molar-refractivity contribution in [2.45, 2.75) is 0 Å². The van der Waals surface area contributed by atoms with E-state index in [0.717, 1.165) is 0 Å². The Bertz CT molecular complexity index is 237. The van der Waals surface area contributed by atoms with Crippen molar-refractivity contribution in [3.8, 4) is 0 Å². The van der Waals surface area contributed by atoms with Crippen LogP contribution in [0.25, 0.3) is 0 Å². The standard InChI is InChI=1S/C6H2Br2F2/c7-3-1-4(9)6(8)5(10)2-3/h1-2H. The molecule has 0 aromatic heterocycles. The highest BCUT2D eigenvalue weighted by molar-refractivity contribution is 9.11. The average molecular weight is 272 g/mol. The van der Waals surface area contributed by atoms with E-state index in [-0.39, 0.29) is 4.47 Å². The molecule has 0 fully saturated rings. The van der Waals surface area contributed by atoms with Gasteiger partial charge in [0.2, 0.25) is 0 Å². The molecule has 0 radical (unpaired) electrons. The number of hydrogen-bond acceptors (Lipinski definition) is 0. The van der Waals surface area contributed by atoms with Crippen molar-refractivity contribution in [2.75, 3.05) is 0 Å². The molecule has 4 heteroatoms. The third-order valence-corrected chi connectivity index (χ3v) is 2.16. The van der Waals surface area contributed by atoms with Crippen molar-refractivity contribution in [3.63, 3.8) is 0 Å². The fourth-order valence-electron chi connectivity index (χ4n) is 0.525. The number of benzene rings is 1. The van der Waals surface area contributed by atoms with E-state index >= 15 is 0 Å². The van der Waals surface area contributed by atoms with Crippen LogP contribution in [0.4, 0.5) is 8.78 Å². The third-order valence-electron chi connectivity index (χ3n) is 0.949. The minimum atomic E-state index is -0.605. The largest absolute Gasteiger partial charge is 0.206 e. The van der Waals surface area contributed by atoms with E-state index in [2.05, 4.69) is 31.9 Å². The molecule has 1 rings (SSSR count). The molecule has 0 atom stereocenters. The summed E-state index contributed by atoms with van der Waals surface area (Å²) >= 11 is 5.69. The summed E-state index contributed by atoms with van der Waals surface area (Å²) < 4.78 is 25.3. The van der Waals surface area contributed by atoms with Gasteiger partial charge >= 0.3 is 0 Å². The molecule has 0 heterocycles. The van der Waals surface area contributed by atoms with Gasteiger partial charge in [0.1, 0.15) is 11.6 Å². The first-order valence-corrected chi connectivity index (χ1v) is 4.00. The Balaban J connectivity index is 3.31. The van der Waals surface area contributed by atoms with Gasteiger partial charge in [0.15, 0.2) is 0 Å². The lowest BCUT2D eigenvalue weighted by Gasteiger charge is -1.95. The summed E-state index contributed by atoms with van der Waals surface area (Å²) in [4.78, 5) is 0. The van der Waals surface area contributed by atoms with E-state index in [1.807, 2.05) is 0 Å². The molecule has 0 unspecified atom stereocenters. The predicted octanol–water partition coefficient (Wildman–Crippen LogP) is 3.49. The molecule has 0 aliphatic heterocycles. The molecule has 0 saturated heterocycles. The lowest BCUT2D eigenvalue weighted by Crippen LogP contribution is -1.82. The van der Waals surface area contributed by atoms with Crippen LogP contribution >= 0.6 is 31.9 Å². The van der Waals surface area contributed by atoms with Crippen LogP contribution in [0.2, 0.25) is 0 Å². The summed E-state index contributed by atoms with van der Waals surface area (Å²) in [6, 6.07) is 2.38. The summed E-state index contributed by atoms with van der Waals surface area (Å²) in [6.45, 7) is 0. The lowest BCUT2D eigenvalue weighted by atomic mass is 10.3. The second kappa shape index (κ2) is 2.96. The zero-order valence-electron chi connectivity index (χ0n) is 4.67. The van der Waals surface area contributed by atoms with Gasteiger partial charge in [0, 0.05) is 4.47 Å². The molecule has 0 bridgehead atoms. The molecule has 0 spiro atoms. The van der Waals surface area contributed by atoms with E-state index in [0.29, 0.717) is 4.47 Å². The van der Waals surface area contributed by atoms with Gasteiger partial charge in [-0.2, -0.15) is 0 Å². The van der Waals surface area contributed by atoms with Gasteiger partial charge in [-0.25, -0.2) is 8.78 Å². The second-order valence-electron chi connectivity index (χ2n) is 1.68. The van der Waals surface area contributed by atoms with Gasteiger partial charge in [-0.3, -0.25) is 0 Å². The Kier molecular flexibility index (Phi) is 2.41. The lowest BCUT2D eigenvalue weighted by molar-refractivity contribution is 0.570. The maximum atomic E-state index is 12.5. The van der Waals surface area contributed by atoms with Gasteiger partial charge in [0.25, 0.3) is 0 Å². The second-order valence-corrected chi connectivity index (χ2v) is 3.39. The molecule has 1 aromatic carbocycles. The van der Waals surface area contributed by atoms with Crippen LogP contribution in [0.3, 0.4) is 0 Å². The Morgan fingerprint density at radius 2 is 1.40 bits per heavy atom. The zero-order valence-corrected chi connectivity index (χ0v) is 7.84. The molecular formula is C6H2Br2F2. The van der Waals surface area contributed by atoms with Gasteiger partial charge < -0.3 is 0 Å². The van der Waals surface area contributed by atoms with Crippen molar-refractivity contribution in [1.29, 1.82) is 0 Å². The quantitative estimate of drug-likeness (QED) is 0.501. The van der Waals surface area contributed by atoms with Crippen LogP contribution in [0.1, 0.15) is 0 Å². The molecular weight excluding hydrogens is 270 g/mol. The van der Waals surface area contributed by atoms with Gasteiger partial charge in [-0.1, -0.05) is 15.9 Å². The summed E-state index contributed by atoms with van der Waals surface area (Å²) in [5.74, 6) is -1.21. The highest BCUT2D eigenvalue weighted by Gasteiger charge is 2.05. The molecule has 0 aliphatic carbocycles. The van der Waals surface area contributed by atoms with Gasteiger partial charge in [-0.05, 0) is 28.1 Å². The summed E-state index contributed by atoms with van der Waals surface area (Å²) in [6.07, 6.45) is 0. The van der Waals surface area contributed by atoms with Crippen molar-refractivity contribution in [2.24, 2.45) is 0 Å². The number of rotatable bonds is 0. The first-order chi connectivity index (χ1) is 4.61. The Morgan fingerprint density at radius 1 is 1.00 bits per heavy atom. The van der Waals surface area contributed by atoms with Crippen LogP contribution in [0, 0.1) is 11.6 Å². The summed E-state index contributed by atoms with van der Waals surface area (Å²) in [7, 11) is 0. The molecule has 0 saturated carbocycles. The van der Waals surface area contributed by atoms with Crippen molar-refractivity contribution >= 4 is 31.9 Å². The van der Waals surface area contributed by atoms with E-state index in [9.17, 15) is 8.78 Å². The smallest absolute Gasteiger partial charge is 0.141 e. The normalized spacial score (nSPS) is 10.0. The summed E-state index contributed by atoms with van der Waals surface area (Å²) in [5.41, 5.74) is 0. The molecule has 0 amide bonds. The zero-order chi connectivity index (χ0) is 7.72. The Labute approximate surface area is 73.5 Å². The molecule has 10 heavy (non-hydrogen) atoms. The van der Waals surface area contributed by atoms with Crippen LogP contribution in [0.15, 0.2) is 21.1 Å². The monoisotopic (exact) mass is 270 g/mol. The predicted molar refractivity (Wildman–Crippen MR) is 41.8 cm³/mol. The van der Waals surface area contributed by atoms with E-state index < -0.39 is 11.6 Å². The molecule has 54 valence electrons. The highest BCUT2D eigenvalue weighted by Crippen LogP contribution is 2.23. The minimum absolute atomic E-state index is 0.129. The molecule has 1 aromatic rings. The maximum Gasteiger partial charge on any atom is 0.141 e. The van der Waals surface area contributed by atoms with Crippen molar-refractivity contribution < 1.29 is 8.78 Å². The fourth-order valence-corrected chi connectivity index (χ4v) is 1.16. The van der Waals surface area contributed by atoms with Gasteiger partial charge in [-0.15, -0.1) is 0 Å². The molecule has 0 nitrogen and oxygen atoms in total. The van der Waals surface area contributed by atoms with Crippen LogP contribution < -0.4 is 0 Å². The molecule has 0 aliphatic rings. The highest BCUT2D eigenvalue weighted by atomic mass is 79.9. The molecule has 0 N–H and O–H groups in total. The van der Waals surface area contributed by atoms with Crippen molar-refractivity contribution in [1.82, 2.24) is 0 Å². The van der Waals surface area contributed by atoms with E-state index in [1.165, 1.54) is 12.1 Å². The number of hydrogen-bond donors (Lipinski definition) is 0. The maximum absolute atomic E-state index is 12.5. The Morgan fingerprint density at radius 3 is 1.80 bits per heavy atom. The first-order valence-electron chi connectivity index (χ1n) is 2.41. The van der Waals surface area contributed by atoms with Crippen LogP contribution in [-0.2, 0) is 0 Å². The SMILES string of the molecule is Fc1cc(Br)cc(F)c1Br. The average Bonchev–Trinajstić information content (AvgIpc) is 1.82.